The largest absolute Gasteiger partial charge is 0.506 e. The first kappa shape index (κ1) is 19.5. The van der Waals surface area contributed by atoms with E-state index in [0.717, 1.165) is 0 Å². The third kappa shape index (κ3) is 2.56. The smallest absolute Gasteiger partial charge is 0.335 e. The fraction of sp³-hybridized carbons (Fsp3) is 0. The molecule has 0 unspecified atom stereocenters. The zero-order chi connectivity index (χ0) is 21.3. The van der Waals surface area contributed by atoms with Gasteiger partial charge < -0.3 is 21.7 Å². The molecule has 0 radical (unpaired) electrons. The van der Waals surface area contributed by atoms with E-state index in [4.69, 9.17) is 11.5 Å². The summed E-state index contributed by atoms with van der Waals surface area (Å²) in [7, 11) is -11.1. The molecule has 0 bridgehead atoms. The number of carbonyl (C=O) groups excluding carboxylic acids is 2. The predicted molar refractivity (Wildman–Crippen MR) is 88.5 cm³/mol. The summed E-state index contributed by atoms with van der Waals surface area (Å²) in [4.78, 5) is 22.7. The third-order valence-corrected chi connectivity index (χ3v) is 5.70. The van der Waals surface area contributed by atoms with E-state index in [1.807, 2.05) is 0 Å². The van der Waals surface area contributed by atoms with Gasteiger partial charge in [-0.1, -0.05) is 0 Å². The summed E-state index contributed by atoms with van der Waals surface area (Å²) in [6.07, 6.45) is 0. The Hall–Kier alpha value is -3.26. The highest BCUT2D eigenvalue weighted by molar-refractivity contribution is 7.86. The van der Waals surface area contributed by atoms with Crippen molar-refractivity contribution < 1.29 is 44.4 Å². The Balaban J connectivity index is 2.50. The van der Waals surface area contributed by atoms with E-state index < -0.39 is 86.9 Å². The van der Waals surface area contributed by atoms with Crippen molar-refractivity contribution in [1.29, 1.82) is 0 Å². The van der Waals surface area contributed by atoms with Gasteiger partial charge in [-0.3, -0.25) is 9.59 Å². The quantitative estimate of drug-likeness (QED) is 0.248. The first-order valence-electron chi connectivity index (χ1n) is 6.97. The van der Waals surface area contributed by atoms with E-state index in [1.54, 1.807) is 0 Å². The number of phenolic OH excluding ortho intramolecular Hbond substituents is 2. The minimum absolute atomic E-state index is 0.357. The van der Waals surface area contributed by atoms with Crippen molar-refractivity contribution in [2.24, 2.45) is 0 Å². The number of fused-ring (bicyclic) bond motifs is 2. The van der Waals surface area contributed by atoms with E-state index in [0.29, 0.717) is 12.1 Å². The number of hydrogen-bond acceptors (Lipinski definition) is 10. The number of phenols is 2. The zero-order valence-electron chi connectivity index (χ0n) is 13.2. The average molecular weight is 434 g/mol. The van der Waals surface area contributed by atoms with Crippen LogP contribution < -0.4 is 11.5 Å². The van der Waals surface area contributed by atoms with Crippen LogP contribution in [0.15, 0.2) is 21.9 Å². The van der Waals surface area contributed by atoms with Crippen molar-refractivity contribution in [3.8, 4) is 11.5 Å². The second kappa shape index (κ2) is 5.62. The lowest BCUT2D eigenvalue weighted by atomic mass is 9.81. The summed E-state index contributed by atoms with van der Waals surface area (Å²) in [6.45, 7) is 0. The van der Waals surface area contributed by atoms with E-state index >= 15 is 0 Å². The molecule has 0 saturated carbocycles. The van der Waals surface area contributed by atoms with Gasteiger partial charge in [-0.15, -0.1) is 7.77 Å². The number of anilines is 2. The molecule has 0 aromatic heterocycles. The van der Waals surface area contributed by atoms with Crippen LogP contribution in [0.3, 0.4) is 0 Å². The first-order chi connectivity index (χ1) is 12.7. The van der Waals surface area contributed by atoms with Crippen molar-refractivity contribution >= 4 is 43.4 Å². The third-order valence-electron chi connectivity index (χ3n) is 4.02. The second-order valence-corrected chi connectivity index (χ2v) is 8.29. The lowest BCUT2D eigenvalue weighted by Gasteiger charge is -2.23. The van der Waals surface area contributed by atoms with Gasteiger partial charge in [0, 0.05) is 11.4 Å². The highest BCUT2D eigenvalue weighted by atomic mass is 32.3. The maximum Gasteiger partial charge on any atom is 0.335 e. The molecule has 0 spiro atoms. The van der Waals surface area contributed by atoms with Gasteiger partial charge in [-0.2, -0.15) is 16.8 Å². The van der Waals surface area contributed by atoms with Crippen molar-refractivity contribution in [3.05, 3.63) is 34.4 Å². The number of carbonyl (C=O) groups is 2. The van der Waals surface area contributed by atoms with Crippen molar-refractivity contribution in [3.63, 3.8) is 0 Å². The van der Waals surface area contributed by atoms with Gasteiger partial charge in [-0.05, 0) is 12.1 Å². The second-order valence-electron chi connectivity index (χ2n) is 5.66. The van der Waals surface area contributed by atoms with Gasteiger partial charge in [0.25, 0.3) is 0 Å². The number of ketones is 2. The predicted octanol–water partition coefficient (Wildman–Crippen LogP) is 0.354. The maximum absolute atomic E-state index is 13.4. The lowest BCUT2D eigenvalue weighted by Crippen LogP contribution is -2.25. The monoisotopic (exact) mass is 434 g/mol. The number of aromatic hydroxyl groups is 2. The van der Waals surface area contributed by atoms with E-state index in [2.05, 4.69) is 0 Å². The van der Waals surface area contributed by atoms with Gasteiger partial charge >= 0.3 is 20.4 Å². The molecule has 0 aliphatic heterocycles. The molecule has 0 heterocycles. The minimum Gasteiger partial charge on any atom is -0.506 e. The molecule has 14 heteroatoms. The van der Waals surface area contributed by atoms with E-state index in [-0.39, 0.29) is 0 Å². The maximum atomic E-state index is 13.4. The van der Waals surface area contributed by atoms with Crippen LogP contribution in [0.25, 0.3) is 0 Å². The molecular weight excluding hydrogens is 426 g/mol. The Bertz CT molecular complexity index is 1230. The van der Waals surface area contributed by atoms with Gasteiger partial charge in [0.1, 0.15) is 21.3 Å². The van der Waals surface area contributed by atoms with Gasteiger partial charge in [0.05, 0.1) is 22.3 Å². The molecule has 148 valence electrons. The number of hydrogen-bond donors (Lipinski definition) is 4. The number of halogens is 2. The number of rotatable bonds is 2. The van der Waals surface area contributed by atoms with Crippen molar-refractivity contribution in [1.82, 2.24) is 0 Å². The lowest BCUT2D eigenvalue weighted by molar-refractivity contribution is 0.0974. The van der Waals surface area contributed by atoms with Crippen LogP contribution in [0.1, 0.15) is 31.8 Å². The van der Waals surface area contributed by atoms with Crippen LogP contribution in [0.4, 0.5) is 19.1 Å². The zero-order valence-corrected chi connectivity index (χ0v) is 14.9. The molecule has 1 aliphatic rings. The normalized spacial score (nSPS) is 13.9. The fourth-order valence-electron chi connectivity index (χ4n) is 2.89. The Morgan fingerprint density at radius 2 is 0.964 bits per heavy atom. The molecule has 0 fully saturated rings. The summed E-state index contributed by atoms with van der Waals surface area (Å²) >= 11 is 0. The van der Waals surface area contributed by atoms with Crippen LogP contribution >= 0.6 is 0 Å². The Kier molecular flexibility index (Phi) is 3.91. The van der Waals surface area contributed by atoms with Crippen LogP contribution in [-0.2, 0) is 20.4 Å². The fourth-order valence-corrected chi connectivity index (χ4v) is 4.09. The minimum atomic E-state index is -5.56. The summed E-state index contributed by atoms with van der Waals surface area (Å²) in [5, 5.41) is 20.1. The Labute approximate surface area is 155 Å². The first-order valence-corrected chi connectivity index (χ1v) is 9.74. The molecular formula is C14H8F2N2O8S2. The molecule has 2 aromatic carbocycles. The van der Waals surface area contributed by atoms with E-state index in [9.17, 15) is 44.4 Å². The van der Waals surface area contributed by atoms with Gasteiger partial charge in [0.15, 0.2) is 0 Å². The highest BCUT2D eigenvalue weighted by Gasteiger charge is 2.41. The number of nitrogen functional groups attached to an aromatic ring is 2. The van der Waals surface area contributed by atoms with Crippen LogP contribution in [-0.4, -0.2) is 38.6 Å². The SMILES string of the molecule is Nc1cc(S(=O)(=O)F)c(O)c2c1C(=O)c1c(O)c(S(=O)(=O)F)cc(N)c1C2=O. The van der Waals surface area contributed by atoms with Crippen molar-refractivity contribution in [2.75, 3.05) is 11.5 Å². The topological polar surface area (TPSA) is 195 Å². The van der Waals surface area contributed by atoms with Crippen molar-refractivity contribution in [2.45, 2.75) is 9.79 Å². The summed E-state index contributed by atoms with van der Waals surface area (Å²) in [5.74, 6) is -5.60. The summed E-state index contributed by atoms with van der Waals surface area (Å²) in [6, 6.07) is 0.714. The summed E-state index contributed by atoms with van der Waals surface area (Å²) in [5.41, 5.74) is 5.74. The summed E-state index contributed by atoms with van der Waals surface area (Å²) < 4.78 is 71.3. The molecule has 3 rings (SSSR count). The molecule has 1 aliphatic carbocycles. The molecule has 0 atom stereocenters. The molecule has 28 heavy (non-hydrogen) atoms. The molecule has 6 N–H and O–H groups in total. The molecule has 2 aromatic rings. The number of nitrogens with two attached hydrogens (primary N) is 2. The Morgan fingerprint density at radius 1 is 0.679 bits per heavy atom. The average Bonchev–Trinajstić information content (AvgIpc) is 2.53. The van der Waals surface area contributed by atoms with Gasteiger partial charge in [0.2, 0.25) is 11.6 Å². The number of benzene rings is 2. The van der Waals surface area contributed by atoms with Gasteiger partial charge in [-0.25, -0.2) is 0 Å². The molecule has 10 nitrogen and oxygen atoms in total. The van der Waals surface area contributed by atoms with Crippen LogP contribution in [0, 0.1) is 0 Å². The van der Waals surface area contributed by atoms with Crippen LogP contribution in [0.5, 0.6) is 11.5 Å². The van der Waals surface area contributed by atoms with Crippen LogP contribution in [0.2, 0.25) is 0 Å². The molecule has 0 saturated heterocycles. The molecule has 0 amide bonds. The highest BCUT2D eigenvalue weighted by Crippen LogP contribution is 2.45. The standard InChI is InChI=1S/C14H8F2N2O8S2/c15-27(23,24)5-1-3(17)7-9(11(5)19)14(22)8-4(18)2-6(28(16,25)26)12(20)10(8)13(7)21/h1-2,19-20H,17-18H2. The van der Waals surface area contributed by atoms with E-state index in [1.165, 1.54) is 0 Å². The Morgan fingerprint density at radius 3 is 1.21 bits per heavy atom.